The van der Waals surface area contributed by atoms with Gasteiger partial charge < -0.3 is 20.4 Å². The summed E-state index contributed by atoms with van der Waals surface area (Å²) in [5, 5.41) is 24.5. The van der Waals surface area contributed by atoms with Crippen LogP contribution in [0.4, 0.5) is 39.4 Å². The molecule has 228 valence electrons. The first kappa shape index (κ1) is 28.1. The van der Waals surface area contributed by atoms with Gasteiger partial charge in [0.1, 0.15) is 11.6 Å². The maximum absolute atomic E-state index is 12.4. The minimum Gasteiger partial charge on any atom is -0.382 e. The molecule has 5 heterocycles. The van der Waals surface area contributed by atoms with Gasteiger partial charge in [0.15, 0.2) is 11.6 Å². The number of urea groups is 1. The highest BCUT2D eigenvalue weighted by Gasteiger charge is 2.28. The number of allylic oxidation sites excluding steroid dienone is 1. The van der Waals surface area contributed by atoms with Crippen molar-refractivity contribution in [1.82, 2.24) is 25.1 Å². The number of hydrogen-bond acceptors (Lipinski definition) is 10. The highest BCUT2D eigenvalue weighted by atomic mass is 16.2. The van der Waals surface area contributed by atoms with Gasteiger partial charge in [0.25, 0.3) is 0 Å². The molecular formula is C32H33N11O2. The lowest BCUT2D eigenvalue weighted by Crippen LogP contribution is -2.49. The predicted octanol–water partition coefficient (Wildman–Crippen LogP) is 4.01. The van der Waals surface area contributed by atoms with Crippen molar-refractivity contribution in [2.24, 2.45) is 7.05 Å². The molecule has 0 atom stereocenters. The molecule has 4 aromatic rings. The van der Waals surface area contributed by atoms with Gasteiger partial charge in [0.05, 0.1) is 11.7 Å². The van der Waals surface area contributed by atoms with E-state index >= 15 is 0 Å². The quantitative estimate of drug-likeness (QED) is 0.295. The lowest BCUT2D eigenvalue weighted by atomic mass is 10.0. The fourth-order valence-electron chi connectivity index (χ4n) is 6.23. The summed E-state index contributed by atoms with van der Waals surface area (Å²) in [7, 11) is 3.87. The molecule has 45 heavy (non-hydrogen) atoms. The van der Waals surface area contributed by atoms with Crippen LogP contribution in [0.15, 0.2) is 54.9 Å². The Morgan fingerprint density at radius 3 is 2.64 bits per heavy atom. The van der Waals surface area contributed by atoms with Crippen molar-refractivity contribution < 1.29 is 9.59 Å². The Labute approximate surface area is 260 Å². The number of imide groups is 1. The van der Waals surface area contributed by atoms with E-state index in [2.05, 4.69) is 60.6 Å². The minimum absolute atomic E-state index is 0.247. The molecule has 13 heteroatoms. The second-order valence-electron chi connectivity index (χ2n) is 11.7. The number of benzene rings is 2. The average molecular weight is 604 g/mol. The van der Waals surface area contributed by atoms with Gasteiger partial charge in [-0.1, -0.05) is 6.58 Å². The number of carbonyl (C=O) groups excluding carboxylic acids is 2. The van der Waals surface area contributed by atoms with Crippen LogP contribution in [0.25, 0.3) is 10.9 Å². The highest BCUT2D eigenvalue weighted by Crippen LogP contribution is 2.35. The maximum Gasteiger partial charge on any atom is 0.329 e. The Bertz CT molecular complexity index is 1900. The van der Waals surface area contributed by atoms with Crippen LogP contribution in [0.2, 0.25) is 0 Å². The van der Waals surface area contributed by atoms with Gasteiger partial charge in [-0.2, -0.15) is 15.3 Å². The molecular weight excluding hydrogens is 570 g/mol. The fourth-order valence-corrected chi connectivity index (χ4v) is 6.23. The zero-order chi connectivity index (χ0) is 31.2. The zero-order valence-electron chi connectivity index (χ0n) is 25.2. The first-order valence-corrected chi connectivity index (χ1v) is 15.0. The number of piperidine rings is 1. The van der Waals surface area contributed by atoms with Crippen LogP contribution >= 0.6 is 0 Å². The molecule has 3 N–H and O–H groups in total. The first-order valence-electron chi connectivity index (χ1n) is 15.0. The lowest BCUT2D eigenvalue weighted by Gasteiger charge is -2.33. The Morgan fingerprint density at radius 2 is 1.87 bits per heavy atom. The number of likely N-dealkylation sites (N-methyl/N-ethyl adjacent to an activating group) is 1. The van der Waals surface area contributed by atoms with E-state index < -0.39 is 6.03 Å². The van der Waals surface area contributed by atoms with Crippen molar-refractivity contribution in [2.45, 2.75) is 31.7 Å². The van der Waals surface area contributed by atoms with E-state index in [1.54, 1.807) is 10.9 Å². The summed E-state index contributed by atoms with van der Waals surface area (Å²) in [5.41, 5.74) is 6.50. The monoisotopic (exact) mass is 603 g/mol. The van der Waals surface area contributed by atoms with Crippen molar-refractivity contribution >= 4 is 57.5 Å². The van der Waals surface area contributed by atoms with E-state index in [-0.39, 0.29) is 18.4 Å². The molecule has 13 nitrogen and oxygen atoms in total. The summed E-state index contributed by atoms with van der Waals surface area (Å²) in [6.45, 7) is 5.95. The van der Waals surface area contributed by atoms with Gasteiger partial charge >= 0.3 is 6.03 Å². The summed E-state index contributed by atoms with van der Waals surface area (Å²) < 4.78 is 1.76. The van der Waals surface area contributed by atoms with Crippen LogP contribution in [0, 0.1) is 11.3 Å². The van der Waals surface area contributed by atoms with Gasteiger partial charge in [0, 0.05) is 80.8 Å². The minimum atomic E-state index is -0.447. The van der Waals surface area contributed by atoms with E-state index in [9.17, 15) is 14.9 Å². The van der Waals surface area contributed by atoms with E-state index in [0.717, 1.165) is 66.0 Å². The van der Waals surface area contributed by atoms with Crippen LogP contribution in [0.5, 0.6) is 0 Å². The van der Waals surface area contributed by atoms with Gasteiger partial charge in [-0.3, -0.25) is 19.7 Å². The third-order valence-corrected chi connectivity index (χ3v) is 8.76. The Balaban J connectivity index is 1.01. The molecule has 3 aliphatic rings. The summed E-state index contributed by atoms with van der Waals surface area (Å²) in [4.78, 5) is 39.0. The molecule has 2 aromatic heterocycles. The van der Waals surface area contributed by atoms with Gasteiger partial charge in [0.2, 0.25) is 11.9 Å². The number of aromatic nitrogens is 4. The summed E-state index contributed by atoms with van der Waals surface area (Å²) in [6.07, 6.45) is 4.38. The molecule has 7 rings (SSSR count). The molecule has 0 spiro atoms. The van der Waals surface area contributed by atoms with Gasteiger partial charge in [-0.15, -0.1) is 0 Å². The van der Waals surface area contributed by atoms with E-state index in [4.69, 9.17) is 4.98 Å². The SMILES string of the molecule is C=C1Cc2cc(Nc3nc(N4CCC(Nc5ccc6c(N7CCC(=O)NC7=O)nn(C)c6c5)CC4)ncc3C#N)ccc2N1C. The van der Waals surface area contributed by atoms with E-state index in [1.807, 2.05) is 38.4 Å². The number of nitrogens with zero attached hydrogens (tertiary/aromatic N) is 8. The summed E-state index contributed by atoms with van der Waals surface area (Å²) in [6, 6.07) is 14.2. The molecule has 2 fully saturated rings. The second kappa shape index (κ2) is 11.1. The average Bonchev–Trinajstić information content (AvgIpc) is 3.51. The molecule has 0 saturated carbocycles. The largest absolute Gasteiger partial charge is 0.382 e. The normalized spacial score (nSPS) is 17.0. The zero-order valence-corrected chi connectivity index (χ0v) is 25.2. The van der Waals surface area contributed by atoms with Gasteiger partial charge in [-0.25, -0.2) is 9.78 Å². The Morgan fingerprint density at radius 1 is 1.07 bits per heavy atom. The molecule has 2 saturated heterocycles. The van der Waals surface area contributed by atoms with Crippen molar-refractivity contribution in [1.29, 1.82) is 5.26 Å². The van der Waals surface area contributed by atoms with Crippen molar-refractivity contribution in [3.05, 3.63) is 66.0 Å². The van der Waals surface area contributed by atoms with Crippen LogP contribution in [0.1, 0.15) is 30.4 Å². The number of rotatable bonds is 6. The highest BCUT2D eigenvalue weighted by molar-refractivity contribution is 6.09. The number of aryl methyl sites for hydroxylation is 1. The topological polar surface area (TPSA) is 147 Å². The second-order valence-corrected chi connectivity index (χ2v) is 11.7. The standard InChI is InChI=1S/C32H33N11O2/c1-19-14-20-15-23(5-7-26(20)40(19)2)36-29-21(17-33)18-34-31(38-29)42-11-8-22(9-12-42)35-24-4-6-25-27(16-24)41(3)39-30(25)43-13-10-28(44)37-32(43)45/h4-7,15-16,18,22,35H,1,8-14H2,2-3H3,(H,34,36,38)(H,37,44,45). The number of anilines is 6. The third kappa shape index (κ3) is 5.24. The number of carbonyl (C=O) groups is 2. The molecule has 0 bridgehead atoms. The molecule has 0 unspecified atom stereocenters. The molecule has 0 aliphatic carbocycles. The number of fused-ring (bicyclic) bond motifs is 2. The van der Waals surface area contributed by atoms with E-state index in [1.165, 1.54) is 10.5 Å². The van der Waals surface area contributed by atoms with Crippen LogP contribution in [-0.2, 0) is 18.3 Å². The van der Waals surface area contributed by atoms with E-state index in [0.29, 0.717) is 29.7 Å². The molecule has 2 aromatic carbocycles. The Hall–Kier alpha value is -5.64. The molecule has 0 radical (unpaired) electrons. The van der Waals surface area contributed by atoms with Gasteiger partial charge in [-0.05, 0) is 54.8 Å². The molecule has 3 amide bonds. The van der Waals surface area contributed by atoms with Crippen LogP contribution < -0.4 is 30.7 Å². The van der Waals surface area contributed by atoms with Crippen LogP contribution in [-0.4, -0.2) is 64.4 Å². The summed E-state index contributed by atoms with van der Waals surface area (Å²) >= 11 is 0. The molecule has 3 aliphatic heterocycles. The predicted molar refractivity (Wildman–Crippen MR) is 173 cm³/mol. The van der Waals surface area contributed by atoms with Crippen molar-refractivity contribution in [2.75, 3.05) is 52.0 Å². The smallest absolute Gasteiger partial charge is 0.329 e. The van der Waals surface area contributed by atoms with Crippen LogP contribution in [0.3, 0.4) is 0 Å². The third-order valence-electron chi connectivity index (χ3n) is 8.76. The maximum atomic E-state index is 12.4. The first-order chi connectivity index (χ1) is 21.8. The Kier molecular flexibility index (Phi) is 6.96. The summed E-state index contributed by atoms with van der Waals surface area (Å²) in [5.74, 6) is 1.36. The fraction of sp³-hybridized carbons (Fsp3) is 0.312. The van der Waals surface area contributed by atoms with Crippen molar-refractivity contribution in [3.63, 3.8) is 0 Å². The van der Waals surface area contributed by atoms with Crippen molar-refractivity contribution in [3.8, 4) is 6.07 Å². The number of amides is 3. The lowest BCUT2D eigenvalue weighted by molar-refractivity contribution is -0.120. The number of nitrogens with one attached hydrogen (secondary N) is 3. The number of nitriles is 1. The number of hydrogen-bond donors (Lipinski definition) is 3.